The normalized spacial score (nSPS) is 25.2. The lowest BCUT2D eigenvalue weighted by atomic mass is 9.51. The molecule has 1 fully saturated rings. The van der Waals surface area contributed by atoms with Crippen LogP contribution in [0.25, 0.3) is 0 Å². The molecule has 0 bridgehead atoms. The van der Waals surface area contributed by atoms with Gasteiger partial charge in [0.25, 0.3) is 0 Å². The lowest BCUT2D eigenvalue weighted by molar-refractivity contribution is -0.187. The van der Waals surface area contributed by atoms with Crippen LogP contribution in [0.1, 0.15) is 89.0 Å². The predicted octanol–water partition coefficient (Wildman–Crippen LogP) is 5.84. The molecule has 0 aliphatic heterocycles. The highest BCUT2D eigenvalue weighted by Gasteiger charge is 2.54. The van der Waals surface area contributed by atoms with Crippen LogP contribution < -0.4 is 0 Å². The van der Waals surface area contributed by atoms with E-state index in [9.17, 15) is 4.79 Å². The van der Waals surface area contributed by atoms with Gasteiger partial charge in [0.1, 0.15) is 6.10 Å². The third-order valence-corrected chi connectivity index (χ3v) is 4.79. The first-order valence-corrected chi connectivity index (χ1v) is 8.18. The van der Waals surface area contributed by atoms with Crippen LogP contribution in [0.4, 0.5) is 0 Å². The highest BCUT2D eigenvalue weighted by atomic mass is 16.5. The fourth-order valence-corrected chi connectivity index (χ4v) is 2.89. The molecule has 1 rings (SSSR count). The number of rotatable bonds is 1. The van der Waals surface area contributed by atoms with Crippen LogP contribution in [0.2, 0.25) is 0 Å². The average molecular weight is 286 g/mol. The molecule has 0 aromatic rings. The number of carbonyl (C=O) groups excluding carboxylic acids is 1. The van der Waals surface area contributed by atoms with Gasteiger partial charge in [-0.2, -0.15) is 0 Å². The topological polar surface area (TPSA) is 26.3 Å². The maximum Gasteiger partial charge on any atom is 0.302 e. The van der Waals surface area contributed by atoms with E-state index in [2.05, 4.69) is 41.5 Å². The Bertz CT molecular complexity index is 288. The quantitative estimate of drug-likeness (QED) is 0.566. The summed E-state index contributed by atoms with van der Waals surface area (Å²) in [6, 6.07) is 0. The number of ether oxygens (including phenoxy) is 1. The molecule has 1 unspecified atom stereocenters. The molecule has 0 heterocycles. The van der Waals surface area contributed by atoms with Gasteiger partial charge in [0.2, 0.25) is 0 Å². The fraction of sp³-hybridized carbons (Fsp3) is 0.944. The minimum absolute atomic E-state index is 0.00116. The Morgan fingerprint density at radius 2 is 1.30 bits per heavy atom. The standard InChI is InChI=1S/C14H26O2.2C2H6/c1-10(15)16-11-12(2,3)8-9-13(4,5)14(11,6)7;2*1-2/h11H,8-9H2,1-7H3;2*1-2H3. The summed E-state index contributed by atoms with van der Waals surface area (Å²) in [5.41, 5.74) is 0.299. The maximum absolute atomic E-state index is 11.3. The van der Waals surface area contributed by atoms with Gasteiger partial charge < -0.3 is 4.74 Å². The van der Waals surface area contributed by atoms with Gasteiger partial charge in [-0.25, -0.2) is 0 Å². The summed E-state index contributed by atoms with van der Waals surface area (Å²) < 4.78 is 5.62. The minimum atomic E-state index is -0.163. The molecule has 0 aromatic carbocycles. The van der Waals surface area contributed by atoms with Gasteiger partial charge in [-0.05, 0) is 18.3 Å². The van der Waals surface area contributed by atoms with Crippen molar-refractivity contribution < 1.29 is 9.53 Å². The van der Waals surface area contributed by atoms with Crippen LogP contribution in [0, 0.1) is 16.2 Å². The molecule has 1 saturated carbocycles. The summed E-state index contributed by atoms with van der Waals surface area (Å²) in [5.74, 6) is -0.163. The Balaban J connectivity index is 0. The van der Waals surface area contributed by atoms with Crippen molar-refractivity contribution in [2.45, 2.75) is 95.1 Å². The SMILES string of the molecule is CC.CC.CC(=O)OC1C(C)(C)CCC(C)(C)C1(C)C. The Hall–Kier alpha value is -0.530. The zero-order chi connectivity index (χ0) is 16.8. The first-order valence-electron chi connectivity index (χ1n) is 8.18. The molecule has 0 N–H and O–H groups in total. The van der Waals surface area contributed by atoms with Crippen molar-refractivity contribution in [1.82, 2.24) is 0 Å². The Morgan fingerprint density at radius 3 is 1.65 bits per heavy atom. The van der Waals surface area contributed by atoms with Gasteiger partial charge in [0.15, 0.2) is 0 Å². The van der Waals surface area contributed by atoms with E-state index in [1.54, 1.807) is 0 Å². The minimum Gasteiger partial charge on any atom is -0.461 e. The molecule has 0 amide bonds. The summed E-state index contributed by atoms with van der Waals surface area (Å²) in [7, 11) is 0. The van der Waals surface area contributed by atoms with Gasteiger partial charge in [0.05, 0.1) is 0 Å². The molecular formula is C18H38O2. The highest BCUT2D eigenvalue weighted by Crippen LogP contribution is 2.57. The van der Waals surface area contributed by atoms with Crippen molar-refractivity contribution in [3.05, 3.63) is 0 Å². The van der Waals surface area contributed by atoms with E-state index < -0.39 is 0 Å². The summed E-state index contributed by atoms with van der Waals surface area (Å²) in [4.78, 5) is 11.3. The van der Waals surface area contributed by atoms with Gasteiger partial charge >= 0.3 is 5.97 Å². The lowest BCUT2D eigenvalue weighted by Crippen LogP contribution is -2.55. The van der Waals surface area contributed by atoms with Crippen LogP contribution in [0.3, 0.4) is 0 Å². The van der Waals surface area contributed by atoms with Crippen LogP contribution in [0.5, 0.6) is 0 Å². The molecule has 0 saturated heterocycles. The van der Waals surface area contributed by atoms with E-state index in [1.807, 2.05) is 27.7 Å². The number of esters is 1. The predicted molar refractivity (Wildman–Crippen MR) is 88.8 cm³/mol. The van der Waals surface area contributed by atoms with Crippen LogP contribution in [-0.2, 0) is 9.53 Å². The molecule has 122 valence electrons. The van der Waals surface area contributed by atoms with E-state index >= 15 is 0 Å². The van der Waals surface area contributed by atoms with E-state index in [-0.39, 0.29) is 28.3 Å². The molecule has 1 aliphatic carbocycles. The van der Waals surface area contributed by atoms with Crippen LogP contribution >= 0.6 is 0 Å². The Morgan fingerprint density at radius 1 is 0.900 bits per heavy atom. The second kappa shape index (κ2) is 8.05. The molecule has 0 spiro atoms. The van der Waals surface area contributed by atoms with E-state index in [0.717, 1.165) is 6.42 Å². The molecule has 20 heavy (non-hydrogen) atoms. The van der Waals surface area contributed by atoms with Gasteiger partial charge in [-0.15, -0.1) is 0 Å². The van der Waals surface area contributed by atoms with Crippen LogP contribution in [-0.4, -0.2) is 12.1 Å². The van der Waals surface area contributed by atoms with Gasteiger partial charge in [-0.1, -0.05) is 69.2 Å². The van der Waals surface area contributed by atoms with Crippen molar-refractivity contribution in [1.29, 1.82) is 0 Å². The summed E-state index contributed by atoms with van der Waals surface area (Å²) in [5, 5.41) is 0. The zero-order valence-corrected chi connectivity index (χ0v) is 15.8. The molecule has 0 radical (unpaired) electrons. The van der Waals surface area contributed by atoms with Gasteiger partial charge in [0, 0.05) is 17.8 Å². The third-order valence-electron chi connectivity index (χ3n) is 4.79. The zero-order valence-electron chi connectivity index (χ0n) is 15.8. The Kier molecular flexibility index (Phi) is 8.75. The molecule has 2 heteroatoms. The lowest BCUT2D eigenvalue weighted by Gasteiger charge is -2.56. The number of hydrogen-bond donors (Lipinski definition) is 0. The summed E-state index contributed by atoms with van der Waals surface area (Å²) in [6.45, 7) is 22.9. The van der Waals surface area contributed by atoms with E-state index in [1.165, 1.54) is 13.3 Å². The maximum atomic E-state index is 11.3. The number of hydrogen-bond acceptors (Lipinski definition) is 2. The Labute approximate surface area is 127 Å². The highest BCUT2D eigenvalue weighted by molar-refractivity contribution is 5.66. The van der Waals surface area contributed by atoms with Crippen molar-refractivity contribution in [3.63, 3.8) is 0 Å². The largest absolute Gasteiger partial charge is 0.461 e. The second-order valence-corrected chi connectivity index (χ2v) is 7.08. The third kappa shape index (κ3) is 4.79. The average Bonchev–Trinajstić information content (AvgIpc) is 2.37. The van der Waals surface area contributed by atoms with Crippen molar-refractivity contribution in [2.24, 2.45) is 16.2 Å². The van der Waals surface area contributed by atoms with Crippen molar-refractivity contribution in [3.8, 4) is 0 Å². The summed E-state index contributed by atoms with van der Waals surface area (Å²) in [6.07, 6.45) is 2.30. The molecule has 1 atom stereocenters. The molecule has 1 aliphatic rings. The van der Waals surface area contributed by atoms with Gasteiger partial charge in [-0.3, -0.25) is 4.79 Å². The first kappa shape index (κ1) is 21.8. The molecule has 2 nitrogen and oxygen atoms in total. The second-order valence-electron chi connectivity index (χ2n) is 7.08. The van der Waals surface area contributed by atoms with E-state index in [0.29, 0.717) is 0 Å². The monoisotopic (exact) mass is 286 g/mol. The number of carbonyl (C=O) groups is 1. The van der Waals surface area contributed by atoms with Crippen molar-refractivity contribution >= 4 is 5.97 Å². The smallest absolute Gasteiger partial charge is 0.302 e. The van der Waals surface area contributed by atoms with Crippen molar-refractivity contribution in [2.75, 3.05) is 0 Å². The fourth-order valence-electron chi connectivity index (χ4n) is 2.89. The molecule has 0 aromatic heterocycles. The van der Waals surface area contributed by atoms with Crippen LogP contribution in [0.15, 0.2) is 0 Å². The molecular weight excluding hydrogens is 248 g/mol. The first-order chi connectivity index (χ1) is 9.01. The summed E-state index contributed by atoms with van der Waals surface area (Å²) >= 11 is 0. The van der Waals surface area contributed by atoms with E-state index in [4.69, 9.17) is 4.74 Å².